The Bertz CT molecular complexity index is 401. The van der Waals surface area contributed by atoms with Crippen molar-refractivity contribution in [3.8, 4) is 0 Å². The first-order valence-electron chi connectivity index (χ1n) is 5.94. The van der Waals surface area contributed by atoms with Crippen LogP contribution < -0.4 is 0 Å². The van der Waals surface area contributed by atoms with E-state index in [2.05, 4.69) is 23.8 Å². The second-order valence-corrected chi connectivity index (χ2v) is 4.49. The Labute approximate surface area is 107 Å². The maximum atomic E-state index is 11.1. The summed E-state index contributed by atoms with van der Waals surface area (Å²) in [4.78, 5) is 13.3. The number of hydrogen-bond acceptors (Lipinski definition) is 4. The number of aromatic carboxylic acids is 1. The molecule has 0 atom stereocenters. The third kappa shape index (κ3) is 3.54. The lowest BCUT2D eigenvalue weighted by Gasteiger charge is -2.26. The zero-order valence-corrected chi connectivity index (χ0v) is 11.4. The molecule has 0 saturated carbocycles. The van der Waals surface area contributed by atoms with Gasteiger partial charge in [0.15, 0.2) is 0 Å². The van der Waals surface area contributed by atoms with E-state index in [0.717, 1.165) is 6.54 Å². The minimum atomic E-state index is -0.937. The SMILES string of the molecule is COCCN(Cc1c(C(=O)O)cnn1C)C(C)C. The van der Waals surface area contributed by atoms with Crippen molar-refractivity contribution >= 4 is 5.97 Å². The third-order valence-corrected chi connectivity index (χ3v) is 2.96. The van der Waals surface area contributed by atoms with Crippen LogP contribution in [0.15, 0.2) is 6.20 Å². The molecular weight excluding hydrogens is 234 g/mol. The number of carboxylic acid groups (broad SMARTS) is 1. The summed E-state index contributed by atoms with van der Waals surface area (Å²) in [7, 11) is 3.42. The number of aryl methyl sites for hydroxylation is 1. The van der Waals surface area contributed by atoms with Crippen molar-refractivity contribution in [2.45, 2.75) is 26.4 Å². The summed E-state index contributed by atoms with van der Waals surface area (Å²) in [5, 5.41) is 13.1. The van der Waals surface area contributed by atoms with Crippen LogP contribution in [0.4, 0.5) is 0 Å². The van der Waals surface area contributed by atoms with E-state index in [9.17, 15) is 4.79 Å². The van der Waals surface area contributed by atoms with Gasteiger partial charge in [0.2, 0.25) is 0 Å². The normalized spacial score (nSPS) is 11.4. The van der Waals surface area contributed by atoms with Crippen molar-refractivity contribution in [2.75, 3.05) is 20.3 Å². The summed E-state index contributed by atoms with van der Waals surface area (Å²) in [6.45, 7) is 6.09. The molecule has 0 aliphatic carbocycles. The summed E-state index contributed by atoms with van der Waals surface area (Å²) in [5.41, 5.74) is 0.980. The average Bonchev–Trinajstić information content (AvgIpc) is 2.65. The zero-order valence-electron chi connectivity index (χ0n) is 11.4. The van der Waals surface area contributed by atoms with Gasteiger partial charge in [-0.25, -0.2) is 4.79 Å². The van der Waals surface area contributed by atoms with Crippen molar-refractivity contribution in [1.82, 2.24) is 14.7 Å². The largest absolute Gasteiger partial charge is 0.478 e. The molecule has 0 saturated heterocycles. The van der Waals surface area contributed by atoms with Gasteiger partial charge in [0.25, 0.3) is 0 Å². The van der Waals surface area contributed by atoms with E-state index in [1.165, 1.54) is 6.20 Å². The Morgan fingerprint density at radius 1 is 1.61 bits per heavy atom. The van der Waals surface area contributed by atoms with Gasteiger partial charge in [-0.3, -0.25) is 9.58 Å². The van der Waals surface area contributed by atoms with Gasteiger partial charge in [0.05, 0.1) is 18.5 Å². The lowest BCUT2D eigenvalue weighted by molar-refractivity contribution is 0.0692. The Morgan fingerprint density at radius 2 is 2.28 bits per heavy atom. The number of carbonyl (C=O) groups is 1. The van der Waals surface area contributed by atoms with Crippen LogP contribution in [-0.4, -0.2) is 52.1 Å². The van der Waals surface area contributed by atoms with E-state index < -0.39 is 5.97 Å². The molecule has 18 heavy (non-hydrogen) atoms. The van der Waals surface area contributed by atoms with Gasteiger partial charge in [0.1, 0.15) is 5.56 Å². The molecule has 0 radical (unpaired) electrons. The second-order valence-electron chi connectivity index (χ2n) is 4.49. The molecule has 1 rings (SSSR count). The number of nitrogens with zero attached hydrogens (tertiary/aromatic N) is 3. The van der Waals surface area contributed by atoms with Gasteiger partial charge >= 0.3 is 5.97 Å². The number of hydrogen-bond donors (Lipinski definition) is 1. The average molecular weight is 255 g/mol. The van der Waals surface area contributed by atoms with Crippen LogP contribution in [0.25, 0.3) is 0 Å². The molecule has 1 heterocycles. The Kier molecular flexibility index (Phi) is 5.30. The molecule has 6 heteroatoms. The number of methoxy groups -OCH3 is 1. The summed E-state index contributed by atoms with van der Waals surface area (Å²) in [5.74, 6) is -0.937. The van der Waals surface area contributed by atoms with Crippen LogP contribution in [0, 0.1) is 0 Å². The van der Waals surface area contributed by atoms with E-state index in [-0.39, 0.29) is 5.56 Å². The maximum Gasteiger partial charge on any atom is 0.339 e. The van der Waals surface area contributed by atoms with Gasteiger partial charge in [-0.1, -0.05) is 0 Å². The molecule has 0 unspecified atom stereocenters. The number of carboxylic acids is 1. The first kappa shape index (κ1) is 14.7. The summed E-state index contributed by atoms with van der Waals surface area (Å²) in [6.07, 6.45) is 1.40. The third-order valence-electron chi connectivity index (χ3n) is 2.96. The van der Waals surface area contributed by atoms with Crippen LogP contribution in [-0.2, 0) is 18.3 Å². The molecule has 1 N–H and O–H groups in total. The predicted octanol–water partition coefficient (Wildman–Crippen LogP) is 0.975. The van der Waals surface area contributed by atoms with Crippen LogP contribution in [0.5, 0.6) is 0 Å². The van der Waals surface area contributed by atoms with Crippen LogP contribution in [0.3, 0.4) is 0 Å². The number of ether oxygens (including phenoxy) is 1. The molecule has 0 amide bonds. The monoisotopic (exact) mass is 255 g/mol. The first-order chi connectivity index (χ1) is 8.47. The summed E-state index contributed by atoms with van der Waals surface area (Å²) in [6, 6.07) is 0.316. The number of aromatic nitrogens is 2. The molecule has 1 aromatic heterocycles. The van der Waals surface area contributed by atoms with Crippen molar-refractivity contribution < 1.29 is 14.6 Å². The Hall–Kier alpha value is -1.40. The minimum Gasteiger partial charge on any atom is -0.478 e. The van der Waals surface area contributed by atoms with E-state index >= 15 is 0 Å². The second kappa shape index (κ2) is 6.51. The predicted molar refractivity (Wildman–Crippen MR) is 67.6 cm³/mol. The fraction of sp³-hybridized carbons (Fsp3) is 0.667. The Balaban J connectivity index is 2.86. The quantitative estimate of drug-likeness (QED) is 0.786. The molecule has 0 fully saturated rings. The highest BCUT2D eigenvalue weighted by Crippen LogP contribution is 2.12. The molecule has 1 aromatic rings. The summed E-state index contributed by atoms with van der Waals surface area (Å²) < 4.78 is 6.69. The molecular formula is C12H21N3O3. The highest BCUT2D eigenvalue weighted by Gasteiger charge is 2.19. The highest BCUT2D eigenvalue weighted by atomic mass is 16.5. The van der Waals surface area contributed by atoms with Gasteiger partial charge in [-0.2, -0.15) is 5.10 Å². The Morgan fingerprint density at radius 3 is 2.78 bits per heavy atom. The lowest BCUT2D eigenvalue weighted by atomic mass is 10.2. The van der Waals surface area contributed by atoms with Gasteiger partial charge in [-0.05, 0) is 13.8 Å². The van der Waals surface area contributed by atoms with Crippen LogP contribution in [0.2, 0.25) is 0 Å². The molecule has 6 nitrogen and oxygen atoms in total. The molecule has 0 aliphatic rings. The molecule has 0 aliphatic heterocycles. The topological polar surface area (TPSA) is 67.6 Å². The standard InChI is InChI=1S/C12H21N3O3/c1-9(2)15(5-6-18-4)8-11-10(12(16)17)7-13-14(11)3/h7,9H,5-6,8H2,1-4H3,(H,16,17). The van der Waals surface area contributed by atoms with Crippen molar-refractivity contribution in [3.05, 3.63) is 17.5 Å². The van der Waals surface area contributed by atoms with E-state index in [0.29, 0.717) is 24.9 Å². The van der Waals surface area contributed by atoms with Crippen molar-refractivity contribution in [3.63, 3.8) is 0 Å². The van der Waals surface area contributed by atoms with E-state index in [1.807, 2.05) is 0 Å². The fourth-order valence-electron chi connectivity index (χ4n) is 1.75. The van der Waals surface area contributed by atoms with Crippen LogP contribution >= 0.6 is 0 Å². The highest BCUT2D eigenvalue weighted by molar-refractivity contribution is 5.88. The molecule has 0 spiro atoms. The first-order valence-corrected chi connectivity index (χ1v) is 5.94. The molecule has 0 aromatic carbocycles. The smallest absolute Gasteiger partial charge is 0.339 e. The summed E-state index contributed by atoms with van der Waals surface area (Å²) >= 11 is 0. The minimum absolute atomic E-state index is 0.264. The lowest BCUT2D eigenvalue weighted by Crippen LogP contribution is -2.34. The van der Waals surface area contributed by atoms with Crippen molar-refractivity contribution in [1.29, 1.82) is 0 Å². The maximum absolute atomic E-state index is 11.1. The van der Waals surface area contributed by atoms with Gasteiger partial charge < -0.3 is 9.84 Å². The fourth-order valence-corrected chi connectivity index (χ4v) is 1.75. The van der Waals surface area contributed by atoms with Crippen LogP contribution in [0.1, 0.15) is 29.9 Å². The van der Waals surface area contributed by atoms with Crippen molar-refractivity contribution in [2.24, 2.45) is 7.05 Å². The van der Waals surface area contributed by atoms with Gasteiger partial charge in [-0.15, -0.1) is 0 Å². The molecule has 0 bridgehead atoms. The molecule has 102 valence electrons. The van der Waals surface area contributed by atoms with Gasteiger partial charge in [0, 0.05) is 33.3 Å². The van der Waals surface area contributed by atoms with E-state index in [1.54, 1.807) is 18.8 Å². The zero-order chi connectivity index (χ0) is 13.7. The number of rotatable bonds is 7. The van der Waals surface area contributed by atoms with E-state index in [4.69, 9.17) is 9.84 Å².